The van der Waals surface area contributed by atoms with Crippen LogP contribution in [0.1, 0.15) is 32.9 Å². The van der Waals surface area contributed by atoms with Gasteiger partial charge in [0.15, 0.2) is 5.13 Å². The summed E-state index contributed by atoms with van der Waals surface area (Å²) in [5, 5.41) is 10.3. The molecule has 0 radical (unpaired) electrons. The Bertz CT molecular complexity index is 1230. The minimum Gasteiger partial charge on any atom is -0.488 e. The van der Waals surface area contributed by atoms with E-state index in [0.717, 1.165) is 17.0 Å². The lowest BCUT2D eigenvalue weighted by atomic mass is 10.1. The summed E-state index contributed by atoms with van der Waals surface area (Å²) >= 11 is 2.69. The van der Waals surface area contributed by atoms with Gasteiger partial charge in [0.2, 0.25) is 0 Å². The van der Waals surface area contributed by atoms with Crippen LogP contribution in [0.2, 0.25) is 0 Å². The lowest BCUT2D eigenvalue weighted by Gasteiger charge is -2.15. The number of thiophene rings is 1. The van der Waals surface area contributed by atoms with Gasteiger partial charge in [0.1, 0.15) is 18.1 Å². The molecule has 0 aliphatic heterocycles. The molecular weight excluding hydrogens is 463 g/mol. The molecule has 0 aliphatic rings. The number of carbonyl (C=O) groups is 1. The maximum Gasteiger partial charge on any atom is 0.419 e. The Hall–Kier alpha value is -3.18. The molecule has 0 spiro atoms. The van der Waals surface area contributed by atoms with Gasteiger partial charge < -0.3 is 9.26 Å². The maximum absolute atomic E-state index is 13.7. The molecule has 0 unspecified atom stereocenters. The zero-order chi connectivity index (χ0) is 22.9. The van der Waals surface area contributed by atoms with Gasteiger partial charge in [-0.05, 0) is 43.5 Å². The highest BCUT2D eigenvalue weighted by Gasteiger charge is 2.35. The highest BCUT2D eigenvalue weighted by Crippen LogP contribution is 2.37. The minimum atomic E-state index is -4.71. The molecule has 0 saturated carbocycles. The van der Waals surface area contributed by atoms with Crippen LogP contribution in [0, 0.1) is 13.8 Å². The van der Waals surface area contributed by atoms with Gasteiger partial charge in [0.05, 0.1) is 27.4 Å². The number of nitrogens with zero attached hydrogens (tertiary/aromatic N) is 2. The van der Waals surface area contributed by atoms with E-state index < -0.39 is 17.6 Å². The number of hydrogen-bond donors (Lipinski definition) is 1. The van der Waals surface area contributed by atoms with Gasteiger partial charge >= 0.3 is 6.18 Å². The fourth-order valence-electron chi connectivity index (χ4n) is 2.91. The number of amides is 1. The number of alkyl halides is 3. The van der Waals surface area contributed by atoms with E-state index in [1.165, 1.54) is 28.7 Å². The predicted octanol–water partition coefficient (Wildman–Crippen LogP) is 6.33. The summed E-state index contributed by atoms with van der Waals surface area (Å²) in [7, 11) is 0. The third-order valence-electron chi connectivity index (χ3n) is 4.60. The second-order valence-electron chi connectivity index (χ2n) is 6.77. The third kappa shape index (κ3) is 4.68. The Balaban J connectivity index is 1.53. The number of hydrogen-bond acceptors (Lipinski definition) is 7. The van der Waals surface area contributed by atoms with Crippen molar-refractivity contribution in [2.24, 2.45) is 0 Å². The number of carbonyl (C=O) groups excluding carboxylic acids is 1. The smallest absolute Gasteiger partial charge is 0.419 e. The van der Waals surface area contributed by atoms with Crippen LogP contribution in [0.5, 0.6) is 5.75 Å². The van der Waals surface area contributed by atoms with Gasteiger partial charge in [-0.2, -0.15) is 13.2 Å². The number of aromatic nitrogens is 2. The molecule has 4 rings (SSSR count). The molecular formula is C21H16F3N3O3S2. The standard InChI is InChI=1S/C21H16F3N3O3S2/c1-11-14(12(2)30-27-11)9-29-17-6-5-13(8-15(17)21(22,23)24)19(28)26-20-25-16(10-32-20)18-4-3-7-31-18/h3-8,10H,9H2,1-2H3,(H,25,26,28). The average molecular weight is 480 g/mol. The highest BCUT2D eigenvalue weighted by molar-refractivity contribution is 7.16. The van der Waals surface area contributed by atoms with Gasteiger partial charge in [-0.25, -0.2) is 4.98 Å². The first-order valence-electron chi connectivity index (χ1n) is 9.29. The van der Waals surface area contributed by atoms with E-state index in [1.807, 2.05) is 17.5 Å². The summed E-state index contributed by atoms with van der Waals surface area (Å²) in [6.45, 7) is 3.19. The molecule has 6 nitrogen and oxygen atoms in total. The third-order valence-corrected chi connectivity index (χ3v) is 6.25. The van der Waals surface area contributed by atoms with Crippen molar-refractivity contribution in [2.45, 2.75) is 26.6 Å². The van der Waals surface area contributed by atoms with Crippen molar-refractivity contribution in [3.8, 4) is 16.3 Å². The van der Waals surface area contributed by atoms with Crippen molar-refractivity contribution in [3.63, 3.8) is 0 Å². The number of aryl methyl sites for hydroxylation is 2. The van der Waals surface area contributed by atoms with Crippen LogP contribution in [0.3, 0.4) is 0 Å². The number of ether oxygens (including phenoxy) is 1. The largest absolute Gasteiger partial charge is 0.488 e. The van der Waals surface area contributed by atoms with Crippen molar-refractivity contribution < 1.29 is 27.2 Å². The fraction of sp³-hybridized carbons (Fsp3) is 0.190. The van der Waals surface area contributed by atoms with E-state index in [-0.39, 0.29) is 17.9 Å². The number of anilines is 1. The molecule has 0 atom stereocenters. The predicted molar refractivity (Wildman–Crippen MR) is 115 cm³/mol. The minimum absolute atomic E-state index is 0.138. The lowest BCUT2D eigenvalue weighted by Crippen LogP contribution is -2.15. The van der Waals surface area contributed by atoms with Crippen molar-refractivity contribution in [1.82, 2.24) is 10.1 Å². The first-order chi connectivity index (χ1) is 15.2. The van der Waals surface area contributed by atoms with E-state index >= 15 is 0 Å². The van der Waals surface area contributed by atoms with Crippen molar-refractivity contribution in [3.05, 3.63) is 69.2 Å². The Morgan fingerprint density at radius 3 is 2.69 bits per heavy atom. The van der Waals surface area contributed by atoms with Gasteiger partial charge in [0, 0.05) is 10.9 Å². The monoisotopic (exact) mass is 479 g/mol. The fourth-order valence-corrected chi connectivity index (χ4v) is 4.38. The Morgan fingerprint density at radius 1 is 1.22 bits per heavy atom. The number of nitrogens with one attached hydrogen (secondary N) is 1. The number of benzene rings is 1. The van der Waals surface area contributed by atoms with Crippen molar-refractivity contribution >= 4 is 33.7 Å². The quantitative estimate of drug-likeness (QED) is 0.350. The van der Waals surface area contributed by atoms with Crippen LogP contribution in [0.15, 0.2) is 45.6 Å². The molecule has 1 aromatic carbocycles. The molecule has 166 valence electrons. The molecule has 32 heavy (non-hydrogen) atoms. The van der Waals surface area contributed by atoms with Crippen LogP contribution >= 0.6 is 22.7 Å². The summed E-state index contributed by atoms with van der Waals surface area (Å²) in [6.07, 6.45) is -4.71. The summed E-state index contributed by atoms with van der Waals surface area (Å²) in [5.74, 6) is -0.611. The summed E-state index contributed by atoms with van der Waals surface area (Å²) < 4.78 is 51.4. The molecule has 0 saturated heterocycles. The summed E-state index contributed by atoms with van der Waals surface area (Å²) in [5.41, 5.74) is 0.604. The number of thiazole rings is 1. The van der Waals surface area contributed by atoms with Gasteiger partial charge in [-0.3, -0.25) is 10.1 Å². The zero-order valence-corrected chi connectivity index (χ0v) is 18.5. The van der Waals surface area contributed by atoms with Crippen molar-refractivity contribution in [2.75, 3.05) is 5.32 Å². The Labute approximate surface area is 188 Å². The second-order valence-corrected chi connectivity index (χ2v) is 8.58. The van der Waals surface area contributed by atoms with E-state index in [2.05, 4.69) is 15.5 Å². The second kappa shape index (κ2) is 8.75. The molecule has 1 N–H and O–H groups in total. The van der Waals surface area contributed by atoms with E-state index in [9.17, 15) is 18.0 Å². The molecule has 4 aromatic rings. The van der Waals surface area contributed by atoms with Crippen LogP contribution < -0.4 is 10.1 Å². The summed E-state index contributed by atoms with van der Waals surface area (Å²) in [6, 6.07) is 6.95. The lowest BCUT2D eigenvalue weighted by molar-refractivity contribution is -0.139. The van der Waals surface area contributed by atoms with Crippen LogP contribution in [-0.4, -0.2) is 16.0 Å². The normalized spacial score (nSPS) is 11.5. The Morgan fingerprint density at radius 2 is 2.03 bits per heavy atom. The highest BCUT2D eigenvalue weighted by atomic mass is 32.1. The van der Waals surface area contributed by atoms with E-state index in [1.54, 1.807) is 19.2 Å². The Kier molecular flexibility index (Phi) is 6.02. The summed E-state index contributed by atoms with van der Waals surface area (Å²) in [4.78, 5) is 17.8. The molecule has 0 fully saturated rings. The van der Waals surface area contributed by atoms with Crippen molar-refractivity contribution in [1.29, 1.82) is 0 Å². The van der Waals surface area contributed by atoms with E-state index in [4.69, 9.17) is 9.26 Å². The van der Waals surface area contributed by atoms with Crippen LogP contribution in [0.25, 0.3) is 10.6 Å². The van der Waals surface area contributed by atoms with Gasteiger partial charge in [-0.1, -0.05) is 11.2 Å². The molecule has 3 aromatic heterocycles. The molecule has 0 bridgehead atoms. The van der Waals surface area contributed by atoms with Gasteiger partial charge in [0.25, 0.3) is 5.91 Å². The number of rotatable bonds is 6. The number of halogens is 3. The first-order valence-corrected chi connectivity index (χ1v) is 11.0. The SMILES string of the molecule is Cc1noc(C)c1COc1ccc(C(=O)Nc2nc(-c3cccs3)cs2)cc1C(F)(F)F. The topological polar surface area (TPSA) is 77.2 Å². The maximum atomic E-state index is 13.7. The van der Waals surface area contributed by atoms with Crippen LogP contribution in [-0.2, 0) is 12.8 Å². The van der Waals surface area contributed by atoms with Gasteiger partial charge in [-0.15, -0.1) is 22.7 Å². The average Bonchev–Trinajstić information content (AvgIpc) is 3.48. The zero-order valence-electron chi connectivity index (χ0n) is 16.8. The molecule has 0 aliphatic carbocycles. The molecule has 3 heterocycles. The first kappa shape index (κ1) is 22.0. The van der Waals surface area contributed by atoms with E-state index in [0.29, 0.717) is 27.8 Å². The molecule has 1 amide bonds. The molecule has 11 heteroatoms. The van der Waals surface area contributed by atoms with Crippen LogP contribution in [0.4, 0.5) is 18.3 Å².